The van der Waals surface area contributed by atoms with Crippen LogP contribution in [0, 0.1) is 0 Å². The van der Waals surface area contributed by atoms with Crippen molar-refractivity contribution in [2.75, 3.05) is 13.2 Å². The molecule has 0 aliphatic carbocycles. The van der Waals surface area contributed by atoms with Gasteiger partial charge in [-0.3, -0.25) is 8.37 Å². The second-order valence-corrected chi connectivity index (χ2v) is 25.3. The van der Waals surface area contributed by atoms with Crippen molar-refractivity contribution in [2.45, 2.75) is 0 Å². The van der Waals surface area contributed by atoms with Crippen molar-refractivity contribution in [3.05, 3.63) is 86.0 Å². The molecule has 2 aromatic carbocycles. The minimum Gasteiger partial charge on any atom is -0.271 e. The first-order chi connectivity index (χ1) is 13.8. The molecule has 0 radical (unpaired) electrons. The van der Waals surface area contributed by atoms with Crippen molar-refractivity contribution < 1.29 is 25.2 Å². The molecule has 0 saturated carbocycles. The third-order valence-corrected chi connectivity index (χ3v) is 31.4. The summed E-state index contributed by atoms with van der Waals surface area (Å²) in [4.78, 5) is 0. The van der Waals surface area contributed by atoms with Crippen LogP contribution in [0.1, 0.15) is 0 Å². The quantitative estimate of drug-likeness (QED) is 0.327. The van der Waals surface area contributed by atoms with E-state index in [9.17, 15) is 16.8 Å². The van der Waals surface area contributed by atoms with E-state index in [1.54, 1.807) is 60.7 Å². The molecule has 0 amide bonds. The molecule has 0 N–H and O–H groups in total. The molecule has 0 aliphatic heterocycles. The summed E-state index contributed by atoms with van der Waals surface area (Å²) in [6, 6.07) is 17.2. The van der Waals surface area contributed by atoms with Crippen LogP contribution in [0.3, 0.4) is 0 Å². The highest BCUT2D eigenvalue weighted by Gasteiger charge is 2.41. The van der Waals surface area contributed by atoms with Crippen LogP contribution in [0.25, 0.3) is 0 Å². The Bertz CT molecular complexity index is 929. The summed E-state index contributed by atoms with van der Waals surface area (Å²) in [6.45, 7) is 6.62. The van der Waals surface area contributed by atoms with Gasteiger partial charge in [-0.05, 0) is 10.4 Å². The smallest absolute Gasteiger partial charge is 0.271 e. The van der Waals surface area contributed by atoms with Gasteiger partial charge in [-0.2, -0.15) is 10.7 Å². The Morgan fingerprint density at radius 3 is 1.38 bits per heavy atom. The Morgan fingerprint density at radius 1 is 0.724 bits per heavy atom. The zero-order valence-electron chi connectivity index (χ0n) is 15.6. The molecule has 0 heterocycles. The Hall–Kier alpha value is -1.48. The normalized spacial score (nSPS) is 14.1. The molecular formula is C18H22O6S3Si2. The fraction of sp³-hybridized carbons (Fsp3) is 0.111. The third-order valence-electron chi connectivity index (χ3n) is 3.62. The first-order valence-corrected chi connectivity index (χ1v) is 19.2. The summed E-state index contributed by atoms with van der Waals surface area (Å²) in [5, 5.41) is 1.13. The second-order valence-electron chi connectivity index (χ2n) is 5.75. The van der Waals surface area contributed by atoms with Crippen molar-refractivity contribution >= 4 is 54.4 Å². The summed E-state index contributed by atoms with van der Waals surface area (Å²) in [6.07, 6.45) is 2.68. The SMILES string of the molecule is C=CCOS(=O)(=O)[SiH](S[SiH](c1ccccc1)S(=O)(=O)OCC=C)c1ccccc1. The monoisotopic (exact) mass is 486 g/mol. The van der Waals surface area contributed by atoms with Crippen LogP contribution in [0.2, 0.25) is 0 Å². The van der Waals surface area contributed by atoms with Gasteiger partial charge in [-0.15, -0.1) is 13.2 Å². The van der Waals surface area contributed by atoms with E-state index < -0.39 is 33.3 Å². The van der Waals surface area contributed by atoms with E-state index in [-0.39, 0.29) is 13.2 Å². The first kappa shape index (κ1) is 23.8. The van der Waals surface area contributed by atoms with E-state index in [0.29, 0.717) is 10.4 Å². The maximum Gasteiger partial charge on any atom is 0.299 e. The van der Waals surface area contributed by atoms with Crippen molar-refractivity contribution in [3.8, 4) is 0 Å². The van der Waals surface area contributed by atoms with E-state index in [4.69, 9.17) is 8.37 Å². The van der Waals surface area contributed by atoms with Crippen molar-refractivity contribution in [1.29, 1.82) is 0 Å². The van der Waals surface area contributed by atoms with Gasteiger partial charge in [0.2, 0.25) is 19.1 Å². The first-order valence-electron chi connectivity index (χ1n) is 8.55. The summed E-state index contributed by atoms with van der Waals surface area (Å²) in [7, 11) is -13.0. The minimum absolute atomic E-state index is 0.170. The van der Waals surface area contributed by atoms with Crippen LogP contribution in [-0.2, 0) is 27.5 Å². The molecule has 0 bridgehead atoms. The fourth-order valence-electron chi connectivity index (χ4n) is 2.37. The average Bonchev–Trinajstić information content (AvgIpc) is 2.72. The molecule has 2 aromatic rings. The highest BCUT2D eigenvalue weighted by Crippen LogP contribution is 2.23. The largest absolute Gasteiger partial charge is 0.299 e. The van der Waals surface area contributed by atoms with Crippen LogP contribution < -0.4 is 10.4 Å². The highest BCUT2D eigenvalue weighted by atomic mass is 32.8. The van der Waals surface area contributed by atoms with Gasteiger partial charge in [0.05, 0.1) is 13.2 Å². The van der Waals surface area contributed by atoms with Gasteiger partial charge >= 0.3 is 0 Å². The number of hydrogen-bond donors (Lipinski definition) is 0. The second kappa shape index (κ2) is 11.1. The van der Waals surface area contributed by atoms with Crippen molar-refractivity contribution in [1.82, 2.24) is 0 Å². The maximum absolute atomic E-state index is 12.9. The van der Waals surface area contributed by atoms with E-state index in [0.717, 1.165) is 10.7 Å². The maximum atomic E-state index is 12.9. The molecule has 2 atom stereocenters. The third kappa shape index (κ3) is 6.77. The number of benzene rings is 2. The molecule has 11 heteroatoms. The van der Waals surface area contributed by atoms with Crippen LogP contribution in [-0.4, -0.2) is 44.2 Å². The zero-order chi connectivity index (χ0) is 21.3. The van der Waals surface area contributed by atoms with Crippen molar-refractivity contribution in [3.63, 3.8) is 0 Å². The lowest BCUT2D eigenvalue weighted by atomic mass is 10.4. The summed E-state index contributed by atoms with van der Waals surface area (Å²) >= 11 is 0. The van der Waals surface area contributed by atoms with Crippen LogP contribution >= 0.6 is 10.7 Å². The Morgan fingerprint density at radius 2 is 1.07 bits per heavy atom. The molecule has 0 fully saturated rings. The van der Waals surface area contributed by atoms with E-state index in [1.807, 2.05) is 0 Å². The summed E-state index contributed by atoms with van der Waals surface area (Å²) in [5.74, 6) is 0. The standard InChI is InChI=1S/C18H22O6S3Si2/c1-3-15-23-26(19,20)28(17-11-7-5-8-12-17)25-29(18-13-9-6-10-14-18)27(21,22)24-16-4-2/h3-14,28-29H,1-2,15-16H2. The Balaban J connectivity index is 2.52. The molecular weight excluding hydrogens is 465 g/mol. The lowest BCUT2D eigenvalue weighted by Crippen LogP contribution is -2.46. The minimum atomic E-state index is -4.00. The van der Waals surface area contributed by atoms with E-state index in [1.165, 1.54) is 12.2 Å². The summed E-state index contributed by atoms with van der Waals surface area (Å²) in [5.41, 5.74) is 0. The lowest BCUT2D eigenvalue weighted by molar-refractivity contribution is 0.368. The molecule has 2 unspecified atom stereocenters. The van der Waals surface area contributed by atoms with Crippen molar-refractivity contribution in [2.24, 2.45) is 0 Å². The Labute approximate surface area is 178 Å². The van der Waals surface area contributed by atoms with E-state index >= 15 is 0 Å². The number of rotatable bonds is 12. The van der Waals surface area contributed by atoms with Crippen LogP contribution in [0.5, 0.6) is 0 Å². The van der Waals surface area contributed by atoms with Crippen LogP contribution in [0.15, 0.2) is 86.0 Å². The fourth-order valence-corrected chi connectivity index (χ4v) is 36.8. The van der Waals surface area contributed by atoms with Gasteiger partial charge in [0.1, 0.15) is 0 Å². The zero-order valence-corrected chi connectivity index (χ0v) is 20.3. The van der Waals surface area contributed by atoms with Gasteiger partial charge in [0.15, 0.2) is 0 Å². The molecule has 6 nitrogen and oxygen atoms in total. The van der Waals surface area contributed by atoms with Gasteiger partial charge < -0.3 is 0 Å². The predicted molar refractivity (Wildman–Crippen MR) is 124 cm³/mol. The van der Waals surface area contributed by atoms with Crippen LogP contribution in [0.4, 0.5) is 0 Å². The van der Waals surface area contributed by atoms with Gasteiger partial charge in [0.25, 0.3) is 14.2 Å². The van der Waals surface area contributed by atoms with Gasteiger partial charge in [0, 0.05) is 0 Å². The predicted octanol–water partition coefficient (Wildman–Crippen LogP) is 1.04. The highest BCUT2D eigenvalue weighted by molar-refractivity contribution is 8.71. The topological polar surface area (TPSA) is 86.7 Å². The molecule has 0 aromatic heterocycles. The molecule has 0 saturated heterocycles. The van der Waals surface area contributed by atoms with Gasteiger partial charge in [-0.1, -0.05) is 72.8 Å². The van der Waals surface area contributed by atoms with Gasteiger partial charge in [-0.25, -0.2) is 16.8 Å². The molecule has 2 rings (SSSR count). The molecule has 29 heavy (non-hydrogen) atoms. The lowest BCUT2D eigenvalue weighted by Gasteiger charge is -2.21. The molecule has 0 spiro atoms. The van der Waals surface area contributed by atoms with E-state index in [2.05, 4.69) is 13.2 Å². The average molecular weight is 487 g/mol. The summed E-state index contributed by atoms with van der Waals surface area (Å²) < 4.78 is 61.9. The Kier molecular flexibility index (Phi) is 9.08. The molecule has 0 aliphatic rings. The molecule has 156 valence electrons. The number of hydrogen-bond acceptors (Lipinski definition) is 7.